The number of carbonyl (C=O) groups is 1. The fourth-order valence-electron chi connectivity index (χ4n) is 2.19. The highest BCUT2D eigenvalue weighted by Crippen LogP contribution is 2.27. The smallest absolute Gasteiger partial charge is 0.281 e. The number of nitrogens with zero attached hydrogens (tertiary/aromatic N) is 1. The molecule has 1 N–H and O–H groups in total. The molecule has 0 radical (unpaired) electrons. The molecule has 2 aromatic rings. The first-order chi connectivity index (χ1) is 10.6. The normalized spacial score (nSPS) is 16.3. The van der Waals surface area contributed by atoms with Gasteiger partial charge in [-0.3, -0.25) is 9.69 Å². The Morgan fingerprint density at radius 1 is 1.32 bits per heavy atom. The summed E-state index contributed by atoms with van der Waals surface area (Å²) in [5, 5.41) is 3.36. The molecule has 1 aliphatic heterocycles. The van der Waals surface area contributed by atoms with Crippen molar-refractivity contribution in [2.75, 3.05) is 12.0 Å². The number of aryl methyl sites for hydroxylation is 1. The molecular weight excluding hydrogens is 316 g/mol. The van der Waals surface area contributed by atoms with Gasteiger partial charge in [-0.05, 0) is 49.5 Å². The number of benzene rings is 1. The Balaban J connectivity index is 1.92. The largest absolute Gasteiger partial charge is 0.497 e. The predicted molar refractivity (Wildman–Crippen MR) is 93.2 cm³/mol. The average molecular weight is 330 g/mol. The van der Waals surface area contributed by atoms with E-state index in [0.717, 1.165) is 4.88 Å². The third-order valence-electron chi connectivity index (χ3n) is 3.24. The molecule has 2 heterocycles. The molecule has 1 aromatic heterocycles. The van der Waals surface area contributed by atoms with E-state index < -0.39 is 0 Å². The molecule has 1 aromatic carbocycles. The summed E-state index contributed by atoms with van der Waals surface area (Å²) in [4.78, 5) is 16.3. The summed E-state index contributed by atoms with van der Waals surface area (Å²) < 4.78 is 5.20. The van der Waals surface area contributed by atoms with Crippen LogP contribution in [0.5, 0.6) is 5.75 Å². The predicted octanol–water partition coefficient (Wildman–Crippen LogP) is 3.33. The molecule has 0 atom stereocenters. The molecule has 6 heteroatoms. The Bertz CT molecular complexity index is 780. The Labute approximate surface area is 138 Å². The van der Waals surface area contributed by atoms with E-state index in [2.05, 4.69) is 5.32 Å². The van der Waals surface area contributed by atoms with E-state index >= 15 is 0 Å². The van der Waals surface area contributed by atoms with Gasteiger partial charge in [0.25, 0.3) is 5.91 Å². The lowest BCUT2D eigenvalue weighted by Gasteiger charge is -2.14. The van der Waals surface area contributed by atoms with Gasteiger partial charge in [-0.25, -0.2) is 0 Å². The molecule has 22 heavy (non-hydrogen) atoms. The number of methoxy groups -OCH3 is 1. The van der Waals surface area contributed by atoms with Gasteiger partial charge in [0.05, 0.1) is 12.8 Å². The van der Waals surface area contributed by atoms with Gasteiger partial charge in [0, 0.05) is 15.8 Å². The number of carbonyl (C=O) groups excluding carboxylic acids is 1. The molecule has 0 aliphatic carbocycles. The number of hydrogen-bond donors (Lipinski definition) is 1. The molecule has 1 amide bonds. The first-order valence-electron chi connectivity index (χ1n) is 6.66. The maximum absolute atomic E-state index is 12.6. The van der Waals surface area contributed by atoms with Crippen LogP contribution in [0.4, 0.5) is 5.69 Å². The van der Waals surface area contributed by atoms with Gasteiger partial charge in [0.2, 0.25) is 0 Å². The van der Waals surface area contributed by atoms with Crippen LogP contribution < -0.4 is 15.0 Å². The highest BCUT2D eigenvalue weighted by molar-refractivity contribution is 7.80. The lowest BCUT2D eigenvalue weighted by atomic mass is 10.2. The number of ether oxygens (including phenoxy) is 1. The van der Waals surface area contributed by atoms with E-state index in [4.69, 9.17) is 17.0 Å². The summed E-state index contributed by atoms with van der Waals surface area (Å²) in [6.45, 7) is 2.03. The van der Waals surface area contributed by atoms with Gasteiger partial charge in [-0.2, -0.15) is 0 Å². The number of rotatable bonds is 3. The average Bonchev–Trinajstić information content (AvgIpc) is 3.03. The maximum Gasteiger partial charge on any atom is 0.281 e. The van der Waals surface area contributed by atoms with E-state index in [0.29, 0.717) is 22.2 Å². The Morgan fingerprint density at radius 3 is 2.82 bits per heavy atom. The topological polar surface area (TPSA) is 41.6 Å². The Morgan fingerprint density at radius 2 is 2.14 bits per heavy atom. The molecule has 1 aliphatic rings. The van der Waals surface area contributed by atoms with E-state index in [1.54, 1.807) is 24.5 Å². The van der Waals surface area contributed by atoms with Gasteiger partial charge < -0.3 is 10.1 Å². The SMILES string of the molecule is COc1cccc(N2C(=O)/C(=C/c3ccc(C)s3)NC2=S)c1. The van der Waals surface area contributed by atoms with Crippen molar-refractivity contribution in [3.63, 3.8) is 0 Å². The van der Waals surface area contributed by atoms with E-state index in [1.807, 2.05) is 43.3 Å². The second kappa shape index (κ2) is 5.90. The fourth-order valence-corrected chi connectivity index (χ4v) is 3.31. The summed E-state index contributed by atoms with van der Waals surface area (Å²) in [7, 11) is 1.59. The summed E-state index contributed by atoms with van der Waals surface area (Å²) in [6.07, 6.45) is 1.83. The molecule has 0 bridgehead atoms. The van der Waals surface area contributed by atoms with Gasteiger partial charge in [0.15, 0.2) is 5.11 Å². The molecule has 112 valence electrons. The van der Waals surface area contributed by atoms with Gasteiger partial charge in [-0.15, -0.1) is 11.3 Å². The van der Waals surface area contributed by atoms with E-state index in [9.17, 15) is 4.79 Å². The van der Waals surface area contributed by atoms with Crippen molar-refractivity contribution in [1.29, 1.82) is 0 Å². The summed E-state index contributed by atoms with van der Waals surface area (Å²) in [5.74, 6) is 0.517. The quantitative estimate of drug-likeness (QED) is 0.692. The molecule has 1 fully saturated rings. The number of thiophene rings is 1. The second-order valence-electron chi connectivity index (χ2n) is 4.78. The molecule has 3 rings (SSSR count). The molecular formula is C16H14N2O2S2. The number of hydrogen-bond acceptors (Lipinski definition) is 4. The minimum atomic E-state index is -0.163. The zero-order valence-corrected chi connectivity index (χ0v) is 13.8. The fraction of sp³-hybridized carbons (Fsp3) is 0.125. The molecule has 0 spiro atoms. The van der Waals surface area contributed by atoms with Gasteiger partial charge in [0.1, 0.15) is 11.4 Å². The van der Waals surface area contributed by atoms with E-state index in [1.165, 1.54) is 9.78 Å². The number of thiocarbonyl (C=S) groups is 1. The molecule has 0 unspecified atom stereocenters. The molecule has 4 nitrogen and oxygen atoms in total. The van der Waals surface area contributed by atoms with Crippen LogP contribution in [0, 0.1) is 6.92 Å². The lowest BCUT2D eigenvalue weighted by molar-refractivity contribution is -0.113. The van der Waals surface area contributed by atoms with Crippen molar-refractivity contribution in [3.05, 3.63) is 51.8 Å². The monoisotopic (exact) mass is 330 g/mol. The third kappa shape index (κ3) is 2.75. The van der Waals surface area contributed by atoms with Crippen LogP contribution in [0.3, 0.4) is 0 Å². The van der Waals surface area contributed by atoms with Crippen molar-refractivity contribution in [2.24, 2.45) is 0 Å². The lowest BCUT2D eigenvalue weighted by Crippen LogP contribution is -2.30. The van der Waals surface area contributed by atoms with E-state index in [-0.39, 0.29) is 5.91 Å². The van der Waals surface area contributed by atoms with Crippen LogP contribution in [0.25, 0.3) is 6.08 Å². The number of anilines is 1. The van der Waals surface area contributed by atoms with Crippen molar-refractivity contribution in [1.82, 2.24) is 5.32 Å². The van der Waals surface area contributed by atoms with Crippen LogP contribution >= 0.6 is 23.6 Å². The number of nitrogens with one attached hydrogen (secondary N) is 1. The first kappa shape index (κ1) is 14.7. The van der Waals surface area contributed by atoms with Crippen molar-refractivity contribution in [2.45, 2.75) is 6.92 Å². The zero-order valence-electron chi connectivity index (χ0n) is 12.1. The van der Waals surface area contributed by atoms with Gasteiger partial charge in [-0.1, -0.05) is 6.07 Å². The molecule has 0 saturated carbocycles. The Hall–Kier alpha value is -2.18. The van der Waals surface area contributed by atoms with Crippen LogP contribution in [0.2, 0.25) is 0 Å². The zero-order chi connectivity index (χ0) is 15.7. The minimum absolute atomic E-state index is 0.163. The highest BCUT2D eigenvalue weighted by atomic mass is 32.1. The van der Waals surface area contributed by atoms with Crippen molar-refractivity contribution < 1.29 is 9.53 Å². The maximum atomic E-state index is 12.6. The van der Waals surface area contributed by atoms with Crippen LogP contribution in [-0.4, -0.2) is 18.1 Å². The van der Waals surface area contributed by atoms with Crippen LogP contribution in [0.1, 0.15) is 9.75 Å². The first-order valence-corrected chi connectivity index (χ1v) is 7.88. The standard InChI is InChI=1S/C16H14N2O2S2/c1-10-6-7-13(22-10)9-14-15(19)18(16(21)17-14)11-4-3-5-12(8-11)20-2/h3-9H,1-2H3,(H,17,21)/b14-9-. The second-order valence-corrected chi connectivity index (χ2v) is 6.48. The summed E-state index contributed by atoms with van der Waals surface area (Å²) in [6, 6.07) is 11.3. The van der Waals surface area contributed by atoms with Crippen molar-refractivity contribution in [3.8, 4) is 5.75 Å². The van der Waals surface area contributed by atoms with Crippen LogP contribution in [-0.2, 0) is 4.79 Å². The summed E-state index contributed by atoms with van der Waals surface area (Å²) >= 11 is 6.92. The number of amides is 1. The van der Waals surface area contributed by atoms with Crippen molar-refractivity contribution >= 4 is 46.3 Å². The highest BCUT2D eigenvalue weighted by Gasteiger charge is 2.32. The summed E-state index contributed by atoms with van der Waals surface area (Å²) in [5.41, 5.74) is 1.17. The Kier molecular flexibility index (Phi) is 3.96. The molecule has 1 saturated heterocycles. The minimum Gasteiger partial charge on any atom is -0.497 e. The van der Waals surface area contributed by atoms with Crippen LogP contribution in [0.15, 0.2) is 42.1 Å². The van der Waals surface area contributed by atoms with Gasteiger partial charge >= 0.3 is 0 Å². The third-order valence-corrected chi connectivity index (χ3v) is 4.47.